The summed E-state index contributed by atoms with van der Waals surface area (Å²) < 4.78 is 5.29. The van der Waals surface area contributed by atoms with Gasteiger partial charge in [0.2, 0.25) is 0 Å². The zero-order valence-electron chi connectivity index (χ0n) is 9.35. The van der Waals surface area contributed by atoms with E-state index in [0.29, 0.717) is 6.54 Å². The molecule has 0 fully saturated rings. The molecule has 17 heavy (non-hydrogen) atoms. The fourth-order valence-electron chi connectivity index (χ4n) is 1.31. The lowest BCUT2D eigenvalue weighted by molar-refractivity contribution is -0.385. The van der Waals surface area contributed by atoms with Gasteiger partial charge in [-0.25, -0.2) is 0 Å². The summed E-state index contributed by atoms with van der Waals surface area (Å²) in [5.74, 6) is 0.248. The molecular weight excluding hydrogens is 244 g/mol. The molecule has 1 rings (SSSR count). The molecule has 0 amide bonds. The maximum Gasteiger partial charge on any atom is 0.310 e. The van der Waals surface area contributed by atoms with Crippen LogP contribution in [0.15, 0.2) is 29.8 Å². The first-order valence-electron chi connectivity index (χ1n) is 4.99. The summed E-state index contributed by atoms with van der Waals surface area (Å²) in [7, 11) is 1.80. The quantitative estimate of drug-likeness (QED) is 0.627. The van der Waals surface area contributed by atoms with E-state index >= 15 is 0 Å². The normalized spacial score (nSPS) is 10.7. The van der Waals surface area contributed by atoms with Gasteiger partial charge < -0.3 is 10.1 Å². The molecule has 5 nitrogen and oxygen atoms in total. The number of nitrogens with one attached hydrogen (secondary N) is 1. The van der Waals surface area contributed by atoms with E-state index in [-0.39, 0.29) is 18.0 Å². The van der Waals surface area contributed by atoms with Crippen molar-refractivity contribution in [1.29, 1.82) is 0 Å². The maximum atomic E-state index is 10.8. The molecule has 0 saturated heterocycles. The smallest absolute Gasteiger partial charge is 0.310 e. The number of halogens is 1. The van der Waals surface area contributed by atoms with Crippen LogP contribution in [0.4, 0.5) is 5.69 Å². The molecule has 0 aliphatic rings. The van der Waals surface area contributed by atoms with E-state index in [1.165, 1.54) is 11.6 Å². The van der Waals surface area contributed by atoms with Gasteiger partial charge in [0.05, 0.1) is 4.92 Å². The molecule has 6 heteroatoms. The number of ether oxygens (including phenoxy) is 1. The molecule has 0 aliphatic carbocycles. The monoisotopic (exact) mass is 256 g/mol. The molecular formula is C11H13ClN2O3. The topological polar surface area (TPSA) is 64.4 Å². The Balaban J connectivity index is 2.93. The number of nitro benzene ring substituents is 1. The van der Waals surface area contributed by atoms with E-state index in [9.17, 15) is 10.1 Å². The van der Waals surface area contributed by atoms with Crippen LogP contribution in [0, 0.1) is 10.1 Å². The van der Waals surface area contributed by atoms with E-state index < -0.39 is 4.92 Å². The van der Waals surface area contributed by atoms with Crippen LogP contribution in [-0.4, -0.2) is 18.6 Å². The zero-order chi connectivity index (χ0) is 12.7. The second-order valence-corrected chi connectivity index (χ2v) is 3.51. The van der Waals surface area contributed by atoms with E-state index in [0.717, 1.165) is 5.56 Å². The minimum Gasteiger partial charge on any atom is -0.483 e. The van der Waals surface area contributed by atoms with Crippen LogP contribution in [0.3, 0.4) is 0 Å². The van der Waals surface area contributed by atoms with Crippen LogP contribution in [0.5, 0.6) is 5.75 Å². The highest BCUT2D eigenvalue weighted by Crippen LogP contribution is 2.27. The summed E-state index contributed by atoms with van der Waals surface area (Å²) in [5, 5.41) is 13.8. The van der Waals surface area contributed by atoms with Gasteiger partial charge in [-0.2, -0.15) is 0 Å². The molecule has 1 aromatic carbocycles. The van der Waals surface area contributed by atoms with Crippen LogP contribution in [0.2, 0.25) is 0 Å². The first-order valence-corrected chi connectivity index (χ1v) is 5.42. The average molecular weight is 257 g/mol. The summed E-state index contributed by atoms with van der Waals surface area (Å²) in [6, 6.07) is 4.78. The highest BCUT2D eigenvalue weighted by atomic mass is 35.5. The Kier molecular flexibility index (Phi) is 5.45. The number of nitro groups is 1. The summed E-state index contributed by atoms with van der Waals surface area (Å²) in [6.07, 6.45) is 1.57. The Morgan fingerprint density at radius 3 is 2.94 bits per heavy atom. The molecule has 0 unspecified atom stereocenters. The Morgan fingerprint density at radius 2 is 2.35 bits per heavy atom. The first kappa shape index (κ1) is 13.5. The van der Waals surface area contributed by atoms with Gasteiger partial charge in [-0.15, -0.1) is 0 Å². The van der Waals surface area contributed by atoms with E-state index in [4.69, 9.17) is 16.3 Å². The molecule has 0 bridgehead atoms. The SMILES string of the molecule is CNCc1ccc([N+](=O)[O-])c(OC/C=C/Cl)c1. The zero-order valence-corrected chi connectivity index (χ0v) is 10.1. The Hall–Kier alpha value is -1.59. The Labute approximate surface area is 104 Å². The van der Waals surface area contributed by atoms with Gasteiger partial charge in [0.1, 0.15) is 6.61 Å². The van der Waals surface area contributed by atoms with Gasteiger partial charge in [0, 0.05) is 18.1 Å². The summed E-state index contributed by atoms with van der Waals surface area (Å²) in [6.45, 7) is 0.826. The fourth-order valence-corrected chi connectivity index (χ4v) is 1.39. The maximum absolute atomic E-state index is 10.8. The predicted octanol–water partition coefficient (Wildman–Crippen LogP) is 2.45. The Morgan fingerprint density at radius 1 is 1.59 bits per heavy atom. The number of hydrogen-bond donors (Lipinski definition) is 1. The third-order valence-corrected chi connectivity index (χ3v) is 2.20. The van der Waals surface area contributed by atoms with Crippen LogP contribution in [0.25, 0.3) is 0 Å². The van der Waals surface area contributed by atoms with E-state index in [1.54, 1.807) is 25.3 Å². The number of benzene rings is 1. The lowest BCUT2D eigenvalue weighted by Gasteiger charge is -2.06. The van der Waals surface area contributed by atoms with Gasteiger partial charge in [-0.3, -0.25) is 10.1 Å². The van der Waals surface area contributed by atoms with Crippen LogP contribution in [-0.2, 0) is 6.54 Å². The molecule has 1 aromatic rings. The highest BCUT2D eigenvalue weighted by molar-refractivity contribution is 6.25. The lowest BCUT2D eigenvalue weighted by Crippen LogP contribution is -2.06. The van der Waals surface area contributed by atoms with E-state index in [1.807, 2.05) is 0 Å². The largest absolute Gasteiger partial charge is 0.483 e. The van der Waals surface area contributed by atoms with Gasteiger partial charge in [-0.1, -0.05) is 17.7 Å². The Bertz CT molecular complexity index is 421. The van der Waals surface area contributed by atoms with Crippen molar-refractivity contribution in [2.75, 3.05) is 13.7 Å². The number of nitrogens with zero attached hydrogens (tertiary/aromatic N) is 1. The molecule has 0 aliphatic heterocycles. The minimum absolute atomic E-state index is 0.0483. The van der Waals surface area contributed by atoms with Crippen molar-refractivity contribution in [3.05, 3.63) is 45.5 Å². The first-order chi connectivity index (χ1) is 8.19. The minimum atomic E-state index is -0.469. The molecule has 0 saturated carbocycles. The van der Waals surface area contributed by atoms with Gasteiger partial charge in [0.15, 0.2) is 5.75 Å². The van der Waals surface area contributed by atoms with Crippen LogP contribution < -0.4 is 10.1 Å². The van der Waals surface area contributed by atoms with Crippen LogP contribution in [0.1, 0.15) is 5.56 Å². The summed E-state index contributed by atoms with van der Waals surface area (Å²) in [5.41, 5.74) is 2.18. The standard InChI is InChI=1S/C11H13ClN2O3/c1-13-8-9-3-4-10(14(15)16)11(7-9)17-6-2-5-12/h2-5,7,13H,6,8H2,1H3/b5-2+. The molecule has 0 atom stereocenters. The molecule has 0 heterocycles. The van der Waals surface area contributed by atoms with Crippen molar-refractivity contribution in [3.63, 3.8) is 0 Å². The molecule has 1 N–H and O–H groups in total. The van der Waals surface area contributed by atoms with Crippen molar-refractivity contribution in [2.45, 2.75) is 6.54 Å². The summed E-state index contributed by atoms with van der Waals surface area (Å²) >= 11 is 5.35. The molecule has 0 aromatic heterocycles. The van der Waals surface area contributed by atoms with Crippen molar-refractivity contribution in [2.24, 2.45) is 0 Å². The van der Waals surface area contributed by atoms with Crippen molar-refractivity contribution in [1.82, 2.24) is 5.32 Å². The van der Waals surface area contributed by atoms with Crippen molar-refractivity contribution < 1.29 is 9.66 Å². The van der Waals surface area contributed by atoms with Crippen molar-refractivity contribution in [3.8, 4) is 5.75 Å². The summed E-state index contributed by atoms with van der Waals surface area (Å²) in [4.78, 5) is 10.3. The number of rotatable bonds is 6. The van der Waals surface area contributed by atoms with Crippen molar-refractivity contribution >= 4 is 17.3 Å². The third-order valence-electron chi connectivity index (χ3n) is 2.03. The number of hydrogen-bond acceptors (Lipinski definition) is 4. The molecule has 92 valence electrons. The fraction of sp³-hybridized carbons (Fsp3) is 0.273. The predicted molar refractivity (Wildman–Crippen MR) is 66.3 cm³/mol. The lowest BCUT2D eigenvalue weighted by atomic mass is 10.2. The second-order valence-electron chi connectivity index (χ2n) is 3.26. The third kappa shape index (κ3) is 4.05. The van der Waals surface area contributed by atoms with Gasteiger partial charge in [0.25, 0.3) is 0 Å². The highest BCUT2D eigenvalue weighted by Gasteiger charge is 2.14. The molecule has 0 spiro atoms. The van der Waals surface area contributed by atoms with Crippen LogP contribution >= 0.6 is 11.6 Å². The van der Waals surface area contributed by atoms with Gasteiger partial charge >= 0.3 is 5.69 Å². The molecule has 0 radical (unpaired) electrons. The second kappa shape index (κ2) is 6.88. The van der Waals surface area contributed by atoms with E-state index in [2.05, 4.69) is 5.32 Å². The average Bonchev–Trinajstić information content (AvgIpc) is 2.30. The van der Waals surface area contributed by atoms with Gasteiger partial charge in [-0.05, 0) is 24.8 Å².